The molecule has 1 heteroatoms. The topological polar surface area (TPSA) is 0 Å². The van der Waals surface area contributed by atoms with Crippen molar-refractivity contribution < 1.29 is 0 Å². The van der Waals surface area contributed by atoms with Crippen molar-refractivity contribution in [3.63, 3.8) is 0 Å². The molecule has 39 heavy (non-hydrogen) atoms. The molecule has 0 aliphatic heterocycles. The number of rotatable bonds is 5. The van der Waals surface area contributed by atoms with E-state index in [9.17, 15) is 0 Å². The molecular formula is C38H35Si. The monoisotopic (exact) mass is 519 g/mol. The SMILES string of the molecule is CCc1ccc2c(c1)C(c1ccccc1C)(c1ccccc1C)c1cc(-c3ccc(C(C)(C)[Si])cc3)ccc1-2. The third-order valence-electron chi connectivity index (χ3n) is 8.65. The van der Waals surface area contributed by atoms with Crippen LogP contribution in [0.2, 0.25) is 0 Å². The number of aryl methyl sites for hydroxylation is 3. The Morgan fingerprint density at radius 3 is 1.64 bits per heavy atom. The molecule has 0 saturated heterocycles. The van der Waals surface area contributed by atoms with Gasteiger partial charge in [0.1, 0.15) is 0 Å². The predicted octanol–water partition coefficient (Wildman–Crippen LogP) is 9.30. The highest BCUT2D eigenvalue weighted by Gasteiger charge is 2.47. The van der Waals surface area contributed by atoms with Crippen molar-refractivity contribution in [1.82, 2.24) is 0 Å². The van der Waals surface area contributed by atoms with Crippen molar-refractivity contribution in [3.05, 3.63) is 154 Å². The quantitative estimate of drug-likeness (QED) is 0.199. The molecule has 0 unspecified atom stereocenters. The van der Waals surface area contributed by atoms with E-state index in [1.807, 2.05) is 0 Å². The molecule has 6 rings (SSSR count). The average molecular weight is 520 g/mol. The maximum Gasteiger partial charge on any atom is 0.0718 e. The minimum absolute atomic E-state index is 0.0556. The molecule has 1 aliphatic carbocycles. The second kappa shape index (κ2) is 9.50. The van der Waals surface area contributed by atoms with Crippen molar-refractivity contribution >= 4 is 10.2 Å². The van der Waals surface area contributed by atoms with E-state index in [1.165, 1.54) is 66.8 Å². The number of hydrogen-bond donors (Lipinski definition) is 0. The molecule has 0 saturated carbocycles. The van der Waals surface area contributed by atoms with Crippen molar-refractivity contribution in [2.45, 2.75) is 51.5 Å². The zero-order valence-corrected chi connectivity index (χ0v) is 24.6. The molecule has 191 valence electrons. The smallest absolute Gasteiger partial charge is 0.0620 e. The summed E-state index contributed by atoms with van der Waals surface area (Å²) in [7, 11) is 3.87. The Bertz CT molecular complexity index is 1640. The molecule has 1 aliphatic rings. The molecule has 5 aromatic rings. The summed E-state index contributed by atoms with van der Waals surface area (Å²) in [6, 6.07) is 41.2. The molecule has 0 amide bonds. The van der Waals surface area contributed by atoms with Gasteiger partial charge in [0.15, 0.2) is 0 Å². The summed E-state index contributed by atoms with van der Waals surface area (Å²) in [4.78, 5) is 0. The van der Waals surface area contributed by atoms with Crippen LogP contribution in [0.4, 0.5) is 0 Å². The largest absolute Gasteiger partial charge is 0.0718 e. The molecule has 0 fully saturated rings. The van der Waals surface area contributed by atoms with Crippen LogP contribution < -0.4 is 0 Å². The van der Waals surface area contributed by atoms with Gasteiger partial charge in [-0.25, -0.2) is 0 Å². The van der Waals surface area contributed by atoms with Gasteiger partial charge in [-0.15, -0.1) is 0 Å². The Morgan fingerprint density at radius 2 is 1.10 bits per heavy atom. The van der Waals surface area contributed by atoms with Gasteiger partial charge < -0.3 is 0 Å². The van der Waals surface area contributed by atoms with Crippen LogP contribution in [0, 0.1) is 13.8 Å². The van der Waals surface area contributed by atoms with E-state index in [-0.39, 0.29) is 10.5 Å². The van der Waals surface area contributed by atoms with E-state index in [2.05, 4.69) is 154 Å². The van der Waals surface area contributed by atoms with Crippen LogP contribution in [0.25, 0.3) is 22.3 Å². The van der Waals surface area contributed by atoms with Gasteiger partial charge in [0.05, 0.1) is 5.41 Å². The number of hydrogen-bond acceptors (Lipinski definition) is 0. The third kappa shape index (κ3) is 4.03. The zero-order valence-electron chi connectivity index (χ0n) is 23.6. The van der Waals surface area contributed by atoms with E-state index < -0.39 is 0 Å². The lowest BCUT2D eigenvalue weighted by Gasteiger charge is -2.36. The fraction of sp³-hybridized carbons (Fsp3) is 0.211. The molecule has 5 aromatic carbocycles. The zero-order chi connectivity index (χ0) is 27.4. The molecule has 3 radical (unpaired) electrons. The summed E-state index contributed by atoms with van der Waals surface area (Å²) in [5.74, 6) is 0. The Balaban J connectivity index is 1.70. The first-order chi connectivity index (χ1) is 18.7. The summed E-state index contributed by atoms with van der Waals surface area (Å²) in [6.45, 7) is 11.2. The van der Waals surface area contributed by atoms with Crippen molar-refractivity contribution in [2.24, 2.45) is 0 Å². The first-order valence-corrected chi connectivity index (χ1v) is 14.5. The van der Waals surface area contributed by atoms with E-state index in [0.717, 1.165) is 6.42 Å². The van der Waals surface area contributed by atoms with E-state index in [0.29, 0.717) is 0 Å². The Labute approximate surface area is 237 Å². The van der Waals surface area contributed by atoms with Gasteiger partial charge in [-0.1, -0.05) is 124 Å². The van der Waals surface area contributed by atoms with Crippen LogP contribution in [0.15, 0.2) is 109 Å². The molecule has 0 nitrogen and oxygen atoms in total. The highest BCUT2D eigenvalue weighted by atomic mass is 28.1. The van der Waals surface area contributed by atoms with Crippen molar-refractivity contribution in [3.8, 4) is 22.3 Å². The van der Waals surface area contributed by atoms with Crippen LogP contribution in [0.1, 0.15) is 65.3 Å². The Kier molecular flexibility index (Phi) is 6.23. The second-order valence-electron chi connectivity index (χ2n) is 11.6. The standard InChI is InChI=1S/C38H35Si/c1-6-27-15-21-31-32-22-18-29(28-16-19-30(20-17-28)37(4,5)39)24-36(32)38(35(31)23-27,33-13-9-7-11-25(33)2)34-14-10-8-12-26(34)3/h7-24H,6H2,1-5H3. The van der Waals surface area contributed by atoms with Crippen LogP contribution >= 0.6 is 0 Å². The summed E-state index contributed by atoms with van der Waals surface area (Å²) in [5, 5.41) is -0.0556. The third-order valence-corrected chi connectivity index (χ3v) is 8.94. The van der Waals surface area contributed by atoms with Crippen LogP contribution in [-0.2, 0) is 16.9 Å². The molecule has 0 spiro atoms. The van der Waals surface area contributed by atoms with Gasteiger partial charge in [-0.3, -0.25) is 0 Å². The maximum atomic E-state index is 3.87. The summed E-state index contributed by atoms with van der Waals surface area (Å²) in [6.07, 6.45) is 1.02. The molecule has 0 heterocycles. The first-order valence-electron chi connectivity index (χ1n) is 14.0. The summed E-state index contributed by atoms with van der Waals surface area (Å²) >= 11 is 0. The van der Waals surface area contributed by atoms with Gasteiger partial charge in [0, 0.05) is 10.2 Å². The summed E-state index contributed by atoms with van der Waals surface area (Å²) < 4.78 is 0. The van der Waals surface area contributed by atoms with Crippen LogP contribution in [-0.4, -0.2) is 10.2 Å². The fourth-order valence-corrected chi connectivity index (χ4v) is 6.73. The van der Waals surface area contributed by atoms with E-state index >= 15 is 0 Å². The van der Waals surface area contributed by atoms with Gasteiger partial charge in [0.25, 0.3) is 0 Å². The maximum absolute atomic E-state index is 3.87. The minimum atomic E-state index is -0.389. The minimum Gasteiger partial charge on any atom is -0.0620 e. The summed E-state index contributed by atoms with van der Waals surface area (Å²) in [5.41, 5.74) is 15.6. The van der Waals surface area contributed by atoms with E-state index in [4.69, 9.17) is 0 Å². The lowest BCUT2D eigenvalue weighted by molar-refractivity contribution is 0.752. The van der Waals surface area contributed by atoms with Crippen LogP contribution in [0.3, 0.4) is 0 Å². The van der Waals surface area contributed by atoms with Gasteiger partial charge >= 0.3 is 0 Å². The van der Waals surface area contributed by atoms with Crippen LogP contribution in [0.5, 0.6) is 0 Å². The molecule has 0 atom stereocenters. The van der Waals surface area contributed by atoms with Crippen molar-refractivity contribution in [2.75, 3.05) is 0 Å². The molecule has 0 bridgehead atoms. The number of fused-ring (bicyclic) bond motifs is 3. The lowest BCUT2D eigenvalue weighted by atomic mass is 9.65. The Morgan fingerprint density at radius 1 is 0.590 bits per heavy atom. The predicted molar refractivity (Wildman–Crippen MR) is 167 cm³/mol. The lowest BCUT2D eigenvalue weighted by Crippen LogP contribution is -2.30. The Hall–Kier alpha value is -3.68. The van der Waals surface area contributed by atoms with Crippen molar-refractivity contribution in [1.29, 1.82) is 0 Å². The second-order valence-corrected chi connectivity index (χ2v) is 12.8. The van der Waals surface area contributed by atoms with Gasteiger partial charge in [-0.2, -0.15) is 0 Å². The normalized spacial score (nSPS) is 13.7. The average Bonchev–Trinajstić information content (AvgIpc) is 3.22. The van der Waals surface area contributed by atoms with Gasteiger partial charge in [0.2, 0.25) is 0 Å². The molecular weight excluding hydrogens is 485 g/mol. The highest BCUT2D eigenvalue weighted by molar-refractivity contribution is 6.15. The molecule has 0 N–H and O–H groups in total. The molecule has 0 aromatic heterocycles. The first kappa shape index (κ1) is 25.6. The number of benzene rings is 5. The van der Waals surface area contributed by atoms with E-state index in [1.54, 1.807) is 0 Å². The highest BCUT2D eigenvalue weighted by Crippen LogP contribution is 2.58. The fourth-order valence-electron chi connectivity index (χ4n) is 6.56. The van der Waals surface area contributed by atoms with Gasteiger partial charge in [-0.05, 0) is 98.1 Å².